The minimum absolute atomic E-state index is 0.113. The number of aromatic nitrogens is 2. The third-order valence-electron chi connectivity index (χ3n) is 4.07. The van der Waals surface area contributed by atoms with Crippen molar-refractivity contribution in [3.63, 3.8) is 0 Å². The molecule has 0 bridgehead atoms. The summed E-state index contributed by atoms with van der Waals surface area (Å²) < 4.78 is 11.8. The molecule has 0 saturated carbocycles. The number of ether oxygens (including phenoxy) is 2. The molecule has 30 heavy (non-hydrogen) atoms. The molecule has 1 amide bonds. The summed E-state index contributed by atoms with van der Waals surface area (Å²) in [6.07, 6.45) is 0. The molecule has 3 rings (SSSR count). The second kappa shape index (κ2) is 10.4. The molecule has 0 aliphatic heterocycles. The first-order chi connectivity index (χ1) is 14.5. The SMILES string of the molecule is COCCNC(=O)CSc1ccccc1C(=O)OCc1cc(=O)n2c(C)csc2n1. The Hall–Kier alpha value is -2.69. The maximum atomic E-state index is 12.6. The lowest BCUT2D eigenvalue weighted by molar-refractivity contribution is -0.118. The first-order valence-corrected chi connectivity index (χ1v) is 11.0. The molecule has 158 valence electrons. The van der Waals surface area contributed by atoms with Gasteiger partial charge in [-0.05, 0) is 19.1 Å². The molecule has 2 heterocycles. The Morgan fingerprint density at radius 1 is 1.30 bits per heavy atom. The number of amides is 1. The van der Waals surface area contributed by atoms with Gasteiger partial charge in [-0.15, -0.1) is 23.1 Å². The highest BCUT2D eigenvalue weighted by Crippen LogP contribution is 2.23. The lowest BCUT2D eigenvalue weighted by Crippen LogP contribution is -2.28. The van der Waals surface area contributed by atoms with Gasteiger partial charge in [0.2, 0.25) is 5.91 Å². The Labute approximate surface area is 181 Å². The monoisotopic (exact) mass is 447 g/mol. The van der Waals surface area contributed by atoms with Crippen LogP contribution in [0.5, 0.6) is 0 Å². The van der Waals surface area contributed by atoms with E-state index >= 15 is 0 Å². The molecular weight excluding hydrogens is 426 g/mol. The van der Waals surface area contributed by atoms with Gasteiger partial charge in [0.25, 0.3) is 5.56 Å². The number of methoxy groups -OCH3 is 1. The highest BCUT2D eigenvalue weighted by molar-refractivity contribution is 8.00. The summed E-state index contributed by atoms with van der Waals surface area (Å²) >= 11 is 2.60. The van der Waals surface area contributed by atoms with Crippen molar-refractivity contribution in [2.75, 3.05) is 26.0 Å². The fourth-order valence-electron chi connectivity index (χ4n) is 2.64. The Morgan fingerprint density at radius 3 is 2.90 bits per heavy atom. The van der Waals surface area contributed by atoms with Crippen LogP contribution in [-0.4, -0.2) is 47.3 Å². The average molecular weight is 448 g/mol. The van der Waals surface area contributed by atoms with E-state index in [4.69, 9.17) is 9.47 Å². The van der Waals surface area contributed by atoms with E-state index in [1.54, 1.807) is 31.4 Å². The molecule has 3 aromatic rings. The zero-order valence-corrected chi connectivity index (χ0v) is 18.2. The zero-order chi connectivity index (χ0) is 21.5. The number of hydrogen-bond acceptors (Lipinski definition) is 8. The molecule has 1 N–H and O–H groups in total. The van der Waals surface area contributed by atoms with Crippen LogP contribution in [0.15, 0.2) is 45.4 Å². The minimum atomic E-state index is -0.540. The maximum Gasteiger partial charge on any atom is 0.339 e. The van der Waals surface area contributed by atoms with Gasteiger partial charge in [0.15, 0.2) is 4.96 Å². The number of aryl methyl sites for hydroxylation is 1. The highest BCUT2D eigenvalue weighted by Gasteiger charge is 2.15. The summed E-state index contributed by atoms with van der Waals surface area (Å²) in [4.78, 5) is 42.3. The molecule has 0 radical (unpaired) electrons. The molecule has 2 aromatic heterocycles. The van der Waals surface area contributed by atoms with Gasteiger partial charge >= 0.3 is 5.97 Å². The second-order valence-electron chi connectivity index (χ2n) is 6.28. The normalized spacial score (nSPS) is 10.9. The molecule has 0 saturated heterocycles. The number of thiazole rings is 1. The average Bonchev–Trinajstić information content (AvgIpc) is 3.12. The van der Waals surface area contributed by atoms with Gasteiger partial charge in [0, 0.05) is 35.7 Å². The van der Waals surface area contributed by atoms with E-state index < -0.39 is 5.97 Å². The predicted octanol–water partition coefficient (Wildman–Crippen LogP) is 2.28. The molecule has 0 atom stereocenters. The van der Waals surface area contributed by atoms with E-state index in [0.717, 1.165) is 5.69 Å². The van der Waals surface area contributed by atoms with Gasteiger partial charge in [0.05, 0.1) is 23.6 Å². The van der Waals surface area contributed by atoms with Gasteiger partial charge in [0.1, 0.15) is 6.61 Å². The third kappa shape index (κ3) is 5.47. The number of nitrogens with zero attached hydrogens (tertiary/aromatic N) is 2. The third-order valence-corrected chi connectivity index (χ3v) is 6.09. The second-order valence-corrected chi connectivity index (χ2v) is 8.14. The Balaban J connectivity index is 1.63. The van der Waals surface area contributed by atoms with Crippen molar-refractivity contribution < 1.29 is 19.1 Å². The summed E-state index contributed by atoms with van der Waals surface area (Å²) in [5.41, 5.74) is 1.35. The number of esters is 1. The first kappa shape index (κ1) is 22.0. The van der Waals surface area contributed by atoms with Crippen molar-refractivity contribution >= 4 is 39.9 Å². The molecule has 0 fully saturated rings. The zero-order valence-electron chi connectivity index (χ0n) is 16.5. The summed E-state index contributed by atoms with van der Waals surface area (Å²) in [5, 5.41) is 4.58. The van der Waals surface area contributed by atoms with E-state index in [1.807, 2.05) is 12.3 Å². The minimum Gasteiger partial charge on any atom is -0.456 e. The maximum absolute atomic E-state index is 12.6. The van der Waals surface area contributed by atoms with E-state index in [2.05, 4.69) is 10.3 Å². The number of rotatable bonds is 9. The van der Waals surface area contributed by atoms with Crippen LogP contribution in [0.2, 0.25) is 0 Å². The van der Waals surface area contributed by atoms with Crippen LogP contribution in [0.25, 0.3) is 4.96 Å². The van der Waals surface area contributed by atoms with Gasteiger partial charge < -0.3 is 14.8 Å². The Kier molecular flexibility index (Phi) is 7.61. The summed E-state index contributed by atoms with van der Waals surface area (Å²) in [6, 6.07) is 8.28. The number of nitrogens with one attached hydrogen (secondary N) is 1. The topological polar surface area (TPSA) is 99.0 Å². The Morgan fingerprint density at radius 2 is 2.10 bits per heavy atom. The predicted molar refractivity (Wildman–Crippen MR) is 115 cm³/mol. The van der Waals surface area contributed by atoms with E-state index in [-0.39, 0.29) is 23.8 Å². The van der Waals surface area contributed by atoms with Crippen molar-refractivity contribution in [3.05, 3.63) is 63.0 Å². The van der Waals surface area contributed by atoms with Crippen molar-refractivity contribution in [1.82, 2.24) is 14.7 Å². The Bertz CT molecular complexity index is 1110. The summed E-state index contributed by atoms with van der Waals surface area (Å²) in [6.45, 7) is 2.59. The van der Waals surface area contributed by atoms with Crippen molar-refractivity contribution in [3.8, 4) is 0 Å². The lowest BCUT2D eigenvalue weighted by atomic mass is 10.2. The van der Waals surface area contributed by atoms with Crippen LogP contribution in [0.1, 0.15) is 21.7 Å². The quantitative estimate of drug-likeness (QED) is 0.305. The van der Waals surface area contributed by atoms with Crippen LogP contribution in [0, 0.1) is 6.92 Å². The molecule has 8 nitrogen and oxygen atoms in total. The van der Waals surface area contributed by atoms with Crippen molar-refractivity contribution in [1.29, 1.82) is 0 Å². The number of carbonyl (C=O) groups is 2. The van der Waals surface area contributed by atoms with Crippen molar-refractivity contribution in [2.45, 2.75) is 18.4 Å². The van der Waals surface area contributed by atoms with E-state index in [9.17, 15) is 14.4 Å². The molecule has 0 unspecified atom stereocenters. The highest BCUT2D eigenvalue weighted by atomic mass is 32.2. The molecular formula is C20H21N3O5S2. The van der Waals surface area contributed by atoms with Gasteiger partial charge in [-0.3, -0.25) is 14.0 Å². The standard InChI is InChI=1S/C20H21N3O5S2/c1-13-11-30-20-22-14(9-18(25)23(13)20)10-28-19(26)15-5-3-4-6-16(15)29-12-17(24)21-7-8-27-2/h3-6,9,11H,7-8,10,12H2,1-2H3,(H,21,24). The van der Waals surface area contributed by atoms with Gasteiger partial charge in [-0.1, -0.05) is 12.1 Å². The lowest BCUT2D eigenvalue weighted by Gasteiger charge is -2.09. The molecule has 1 aromatic carbocycles. The number of thioether (sulfide) groups is 1. The number of fused-ring (bicyclic) bond motifs is 1. The van der Waals surface area contributed by atoms with E-state index in [0.29, 0.717) is 34.3 Å². The number of benzene rings is 1. The van der Waals surface area contributed by atoms with E-state index in [1.165, 1.54) is 33.6 Å². The molecule has 0 aliphatic rings. The van der Waals surface area contributed by atoms with Crippen molar-refractivity contribution in [2.24, 2.45) is 0 Å². The first-order valence-electron chi connectivity index (χ1n) is 9.11. The fraction of sp³-hybridized carbons (Fsp3) is 0.300. The largest absolute Gasteiger partial charge is 0.456 e. The fourth-order valence-corrected chi connectivity index (χ4v) is 4.40. The summed E-state index contributed by atoms with van der Waals surface area (Å²) in [5.74, 6) is -0.521. The number of carbonyl (C=O) groups excluding carboxylic acids is 2. The molecule has 0 spiro atoms. The number of hydrogen-bond donors (Lipinski definition) is 1. The molecule has 10 heteroatoms. The van der Waals surface area contributed by atoms with Crippen LogP contribution in [0.4, 0.5) is 0 Å². The smallest absolute Gasteiger partial charge is 0.339 e. The molecule has 0 aliphatic carbocycles. The van der Waals surface area contributed by atoms with Gasteiger partial charge in [-0.25, -0.2) is 9.78 Å². The van der Waals surface area contributed by atoms with Crippen LogP contribution in [-0.2, 0) is 20.9 Å². The van der Waals surface area contributed by atoms with Crippen LogP contribution < -0.4 is 10.9 Å². The van der Waals surface area contributed by atoms with Crippen LogP contribution >= 0.6 is 23.1 Å². The van der Waals surface area contributed by atoms with Gasteiger partial charge in [-0.2, -0.15) is 0 Å². The van der Waals surface area contributed by atoms with Crippen LogP contribution in [0.3, 0.4) is 0 Å². The summed E-state index contributed by atoms with van der Waals surface area (Å²) in [7, 11) is 1.56.